The minimum atomic E-state index is -0.670. The Kier molecular flexibility index (Phi) is 4.61. The van der Waals surface area contributed by atoms with Crippen molar-refractivity contribution in [2.45, 2.75) is 7.35 Å². The van der Waals surface area contributed by atoms with Crippen LogP contribution in [0.3, 0.4) is 0 Å². The van der Waals surface area contributed by atoms with E-state index in [1.165, 1.54) is 22.3 Å². The van der Waals surface area contributed by atoms with Crippen LogP contribution in [-0.2, 0) is 22.9 Å². The zero-order valence-electron chi connectivity index (χ0n) is 15.3. The Morgan fingerprint density at radius 2 is 0.643 bits per heavy atom. The number of benzene rings is 4. The summed E-state index contributed by atoms with van der Waals surface area (Å²) in [7, 11) is 0. The second kappa shape index (κ2) is 7.13. The third kappa shape index (κ3) is 2.60. The van der Waals surface area contributed by atoms with Gasteiger partial charge in [-0.15, -0.1) is 0 Å². The molecule has 6 rings (SSSR count). The summed E-state index contributed by atoms with van der Waals surface area (Å²) >= 11 is -0.670. The predicted octanol–water partition coefficient (Wildman–Crippen LogP) is 3.61. The second-order valence-corrected chi connectivity index (χ2v) is 10.2. The van der Waals surface area contributed by atoms with E-state index in [4.69, 9.17) is 0 Å². The molecule has 0 aliphatic heterocycles. The van der Waals surface area contributed by atoms with Crippen molar-refractivity contribution in [1.82, 2.24) is 0 Å². The molecule has 0 nitrogen and oxygen atoms in total. The average Bonchev–Trinajstić information content (AvgIpc) is 3.23. The average molecular weight is 411 g/mol. The molecular formula is C26H18ClSc. The molecule has 0 aromatic heterocycles. The molecule has 0 unspecified atom stereocenters. The molecule has 0 fully saturated rings. The first-order valence-corrected chi connectivity index (χ1v) is 11.7. The van der Waals surface area contributed by atoms with Gasteiger partial charge in [0.15, 0.2) is 0 Å². The van der Waals surface area contributed by atoms with Gasteiger partial charge in [-0.3, -0.25) is 0 Å². The van der Waals surface area contributed by atoms with Crippen LogP contribution in [0.5, 0.6) is 0 Å². The molecule has 0 radical (unpaired) electrons. The molecule has 4 aromatic rings. The molecule has 28 heavy (non-hydrogen) atoms. The van der Waals surface area contributed by atoms with Crippen LogP contribution >= 0.6 is 0 Å². The molecule has 2 heteroatoms. The zero-order valence-corrected chi connectivity index (χ0v) is 17.9. The Morgan fingerprint density at radius 3 is 0.929 bits per heavy atom. The quantitative estimate of drug-likeness (QED) is 0.473. The molecule has 0 heterocycles. The SMILES string of the molecule is [Cl-].c1ccc2c(c1)-c1ccccc1[CH]2[Sc+][CH]1c2ccccc2-c2ccccc21. The number of fused-ring (bicyclic) bond motifs is 6. The van der Waals surface area contributed by atoms with E-state index in [0.717, 1.165) is 0 Å². The van der Waals surface area contributed by atoms with E-state index in [1.54, 1.807) is 22.3 Å². The van der Waals surface area contributed by atoms with Gasteiger partial charge in [-0.1, -0.05) is 0 Å². The van der Waals surface area contributed by atoms with E-state index >= 15 is 0 Å². The van der Waals surface area contributed by atoms with Crippen molar-refractivity contribution >= 4 is 0 Å². The third-order valence-electron chi connectivity index (χ3n) is 6.15. The third-order valence-corrected chi connectivity index (χ3v) is 9.59. The van der Waals surface area contributed by atoms with Gasteiger partial charge in [0.2, 0.25) is 0 Å². The van der Waals surface area contributed by atoms with Gasteiger partial charge >= 0.3 is 172 Å². The summed E-state index contributed by atoms with van der Waals surface area (Å²) in [5.41, 5.74) is 12.0. The molecule has 0 saturated carbocycles. The van der Waals surface area contributed by atoms with Crippen LogP contribution in [0.15, 0.2) is 97.1 Å². The normalized spacial score (nSPS) is 13.7. The van der Waals surface area contributed by atoms with Crippen molar-refractivity contribution < 1.29 is 35.3 Å². The molecular weight excluding hydrogens is 393 g/mol. The van der Waals surface area contributed by atoms with E-state index in [2.05, 4.69) is 97.1 Å². The molecule has 132 valence electrons. The number of rotatable bonds is 2. The molecule has 2 aliphatic rings. The van der Waals surface area contributed by atoms with Gasteiger partial charge in [0.05, 0.1) is 0 Å². The predicted molar refractivity (Wildman–Crippen MR) is 107 cm³/mol. The van der Waals surface area contributed by atoms with Crippen LogP contribution in [0, 0.1) is 0 Å². The van der Waals surface area contributed by atoms with Crippen LogP contribution < -0.4 is 12.4 Å². The number of hydrogen-bond donors (Lipinski definition) is 0. The fraction of sp³-hybridized carbons (Fsp3) is 0.0769. The summed E-state index contributed by atoms with van der Waals surface area (Å²) in [6.07, 6.45) is 0. The summed E-state index contributed by atoms with van der Waals surface area (Å²) in [5.74, 6) is 0. The summed E-state index contributed by atoms with van der Waals surface area (Å²) < 4.78 is 1.23. The molecule has 0 amide bonds. The van der Waals surface area contributed by atoms with Crippen molar-refractivity contribution in [2.24, 2.45) is 0 Å². The molecule has 0 atom stereocenters. The zero-order chi connectivity index (χ0) is 17.8. The van der Waals surface area contributed by atoms with Crippen molar-refractivity contribution in [3.05, 3.63) is 119 Å². The van der Waals surface area contributed by atoms with E-state index in [0.29, 0.717) is 7.35 Å². The first-order chi connectivity index (χ1) is 13.4. The Labute approximate surface area is 183 Å². The van der Waals surface area contributed by atoms with Crippen LogP contribution in [0.25, 0.3) is 22.3 Å². The van der Waals surface area contributed by atoms with E-state index in [-0.39, 0.29) is 12.4 Å². The van der Waals surface area contributed by atoms with Gasteiger partial charge in [-0.25, -0.2) is 0 Å². The van der Waals surface area contributed by atoms with Gasteiger partial charge in [0.25, 0.3) is 0 Å². The van der Waals surface area contributed by atoms with E-state index < -0.39 is 22.9 Å². The van der Waals surface area contributed by atoms with Crippen molar-refractivity contribution in [3.8, 4) is 22.3 Å². The van der Waals surface area contributed by atoms with E-state index in [1.807, 2.05) is 0 Å². The van der Waals surface area contributed by atoms with Gasteiger partial charge in [-0.2, -0.15) is 0 Å². The molecule has 2 aliphatic carbocycles. The Bertz CT molecular complexity index is 996. The van der Waals surface area contributed by atoms with Gasteiger partial charge in [0, 0.05) is 0 Å². The van der Waals surface area contributed by atoms with Crippen LogP contribution in [0.1, 0.15) is 29.6 Å². The Balaban J connectivity index is 0.00000171. The Hall–Kier alpha value is -1.96. The molecule has 0 saturated heterocycles. The van der Waals surface area contributed by atoms with Crippen LogP contribution in [0.2, 0.25) is 0 Å². The molecule has 0 N–H and O–H groups in total. The number of halogens is 1. The fourth-order valence-electron chi connectivity index (χ4n) is 5.00. The monoisotopic (exact) mass is 410 g/mol. The van der Waals surface area contributed by atoms with E-state index in [9.17, 15) is 0 Å². The second-order valence-electron chi connectivity index (χ2n) is 7.50. The summed E-state index contributed by atoms with van der Waals surface area (Å²) in [6.45, 7) is 0. The fourth-order valence-corrected chi connectivity index (χ4v) is 8.71. The van der Waals surface area contributed by atoms with Crippen molar-refractivity contribution in [2.75, 3.05) is 0 Å². The first-order valence-electron chi connectivity index (χ1n) is 9.63. The summed E-state index contributed by atoms with van der Waals surface area (Å²) in [6, 6.07) is 36.3. The molecule has 4 aromatic carbocycles. The maximum atomic E-state index is 2.37. The molecule has 0 spiro atoms. The maximum absolute atomic E-state index is 2.37. The standard InChI is InChI=1S/2C13H9.ClH.Sc/c2*1-3-7-12-10(5-1)9-11-6-2-4-8-13(11)12;;/h2*1-9H;1H;/q;;;+1/p-1. The topological polar surface area (TPSA) is 0 Å². The summed E-state index contributed by atoms with van der Waals surface area (Å²) in [4.78, 5) is 0. The Morgan fingerprint density at radius 1 is 0.393 bits per heavy atom. The van der Waals surface area contributed by atoms with Gasteiger partial charge in [-0.05, 0) is 0 Å². The van der Waals surface area contributed by atoms with Crippen molar-refractivity contribution in [1.29, 1.82) is 0 Å². The minimum absolute atomic E-state index is 0. The summed E-state index contributed by atoms with van der Waals surface area (Å²) in [5, 5.41) is 0. The van der Waals surface area contributed by atoms with Gasteiger partial charge < -0.3 is 12.4 Å². The molecule has 0 bridgehead atoms. The van der Waals surface area contributed by atoms with Crippen LogP contribution in [0.4, 0.5) is 0 Å². The van der Waals surface area contributed by atoms with Gasteiger partial charge in [0.1, 0.15) is 0 Å². The van der Waals surface area contributed by atoms with Crippen molar-refractivity contribution in [3.63, 3.8) is 0 Å². The first kappa shape index (κ1) is 18.1. The number of hydrogen-bond acceptors (Lipinski definition) is 0. The van der Waals surface area contributed by atoms with Crippen LogP contribution in [-0.4, -0.2) is 0 Å².